The van der Waals surface area contributed by atoms with E-state index in [9.17, 15) is 38.5 Å². The Hall–Kier alpha value is -1.82. The summed E-state index contributed by atoms with van der Waals surface area (Å²) in [5, 5.41) is 21.5. The fourth-order valence-electron chi connectivity index (χ4n) is 3.43. The van der Waals surface area contributed by atoms with Crippen LogP contribution in [0.2, 0.25) is 0 Å². The van der Waals surface area contributed by atoms with Gasteiger partial charge in [0.15, 0.2) is 16.9 Å². The number of anilines is 1. The number of fused-ring (bicyclic) bond motifs is 1. The highest BCUT2D eigenvalue weighted by molar-refractivity contribution is 7.66. The lowest BCUT2D eigenvalue weighted by Crippen LogP contribution is -2.45. The Morgan fingerprint density at radius 1 is 1.22 bits per heavy atom. The summed E-state index contributed by atoms with van der Waals surface area (Å²) in [7, 11) is -16.9. The zero-order chi connectivity index (χ0) is 27.1. The molecule has 0 amide bonds. The van der Waals surface area contributed by atoms with Crippen LogP contribution in [0.4, 0.5) is 5.95 Å². The van der Waals surface area contributed by atoms with Gasteiger partial charge in [0, 0.05) is 6.42 Å². The molecule has 1 saturated heterocycles. The van der Waals surface area contributed by atoms with Gasteiger partial charge in [0.1, 0.15) is 18.3 Å². The van der Waals surface area contributed by atoms with E-state index in [1.165, 1.54) is 6.08 Å². The van der Waals surface area contributed by atoms with Crippen molar-refractivity contribution < 1.29 is 61.4 Å². The average molecular weight is 577 g/mol. The van der Waals surface area contributed by atoms with Crippen molar-refractivity contribution >= 4 is 40.6 Å². The van der Waals surface area contributed by atoms with E-state index < -0.39 is 59.7 Å². The highest BCUT2D eigenvalue weighted by atomic mass is 31.3. The fraction of sp³-hybridized carbons (Fsp3) is 0.500. The van der Waals surface area contributed by atoms with E-state index in [1.54, 1.807) is 13.0 Å². The third kappa shape index (κ3) is 6.17. The summed E-state index contributed by atoms with van der Waals surface area (Å²) in [5.41, 5.74) is 2.71. The lowest BCUT2D eigenvalue weighted by atomic mass is 9.98. The van der Waals surface area contributed by atoms with Crippen molar-refractivity contribution in [3.05, 3.63) is 28.8 Å². The molecule has 9 N–H and O–H groups in total. The molecular weight excluding hydrogens is 555 g/mol. The van der Waals surface area contributed by atoms with Crippen LogP contribution in [0.25, 0.3) is 11.2 Å². The molecule has 1 fully saturated rings. The molecule has 0 saturated carbocycles. The Morgan fingerprint density at radius 2 is 1.89 bits per heavy atom. The average Bonchev–Trinajstić information content (AvgIpc) is 3.23. The van der Waals surface area contributed by atoms with Crippen molar-refractivity contribution in [2.45, 2.75) is 37.4 Å². The normalized spacial score (nSPS) is 28.5. The Morgan fingerprint density at radius 3 is 2.50 bits per heavy atom. The van der Waals surface area contributed by atoms with Gasteiger partial charge in [-0.3, -0.25) is 18.9 Å². The lowest BCUT2D eigenvalue weighted by molar-refractivity contribution is -0.142. The lowest BCUT2D eigenvalue weighted by Gasteiger charge is -2.33. The number of imidazole rings is 1. The van der Waals surface area contributed by atoms with Gasteiger partial charge in [0.05, 0.1) is 12.9 Å². The quantitative estimate of drug-likeness (QED) is 0.121. The minimum absolute atomic E-state index is 0.125. The number of aromatic amines is 1. The molecule has 22 heteroatoms. The van der Waals surface area contributed by atoms with E-state index >= 15 is 0 Å². The van der Waals surface area contributed by atoms with E-state index in [0.717, 1.165) is 10.9 Å². The molecule has 0 spiro atoms. The number of rotatable bonds is 10. The van der Waals surface area contributed by atoms with Crippen LogP contribution < -0.4 is 11.3 Å². The summed E-state index contributed by atoms with van der Waals surface area (Å²) in [4.78, 5) is 58.4. The second-order valence-corrected chi connectivity index (χ2v) is 11.8. The molecule has 2 aromatic rings. The minimum Gasteiger partial charge on any atom is -0.387 e. The summed E-state index contributed by atoms with van der Waals surface area (Å²) in [5.74, 6) is -0.285. The van der Waals surface area contributed by atoms with Crippen LogP contribution in [0.15, 0.2) is 23.3 Å². The summed E-state index contributed by atoms with van der Waals surface area (Å²) < 4.78 is 52.9. The van der Waals surface area contributed by atoms with Gasteiger partial charge < -0.3 is 40.3 Å². The molecule has 0 radical (unpaired) electrons. The topological polar surface area (TPSA) is 299 Å². The largest absolute Gasteiger partial charge is 0.490 e. The van der Waals surface area contributed by atoms with Gasteiger partial charge in [-0.2, -0.15) is 13.6 Å². The van der Waals surface area contributed by atoms with Crippen LogP contribution in [-0.2, 0) is 37.3 Å². The second-order valence-electron chi connectivity index (χ2n) is 7.33. The van der Waals surface area contributed by atoms with Crippen molar-refractivity contribution in [2.24, 2.45) is 0 Å². The van der Waals surface area contributed by atoms with Crippen LogP contribution in [0.5, 0.6) is 0 Å². The predicted octanol–water partition coefficient (Wildman–Crippen LogP) is -1.22. The summed E-state index contributed by atoms with van der Waals surface area (Å²) >= 11 is 0. The Bertz CT molecular complexity index is 1350. The number of nitrogens with zero attached hydrogens (tertiary/aromatic N) is 3. The number of allylic oxidation sites excluding steroid dienone is 1. The Balaban J connectivity index is 1.89. The van der Waals surface area contributed by atoms with E-state index in [0.29, 0.717) is 0 Å². The number of phosphoric acid groups is 3. The number of hydrogen-bond acceptors (Lipinski definition) is 13. The van der Waals surface area contributed by atoms with Crippen LogP contribution in [0.3, 0.4) is 0 Å². The molecule has 1 aliphatic rings. The van der Waals surface area contributed by atoms with E-state index in [4.69, 9.17) is 20.3 Å². The summed E-state index contributed by atoms with van der Waals surface area (Å²) in [6.07, 6.45) is -1.11. The summed E-state index contributed by atoms with van der Waals surface area (Å²) in [6.45, 7) is 0.605. The summed E-state index contributed by atoms with van der Waals surface area (Å²) in [6, 6.07) is 0. The molecule has 3 rings (SSSR count). The van der Waals surface area contributed by atoms with E-state index in [-0.39, 0.29) is 23.5 Å². The number of ether oxygens (including phenoxy) is 1. The number of aromatic nitrogens is 4. The number of phosphoric ester groups is 1. The number of aliphatic hydroxyl groups is 2. The van der Waals surface area contributed by atoms with E-state index in [1.807, 2.05) is 0 Å². The minimum atomic E-state index is -5.77. The van der Waals surface area contributed by atoms with Gasteiger partial charge in [-0.25, -0.2) is 18.7 Å². The predicted molar refractivity (Wildman–Crippen MR) is 117 cm³/mol. The van der Waals surface area contributed by atoms with Crippen molar-refractivity contribution in [3.63, 3.8) is 0 Å². The highest BCUT2D eigenvalue weighted by Crippen LogP contribution is 2.66. The smallest absolute Gasteiger partial charge is 0.387 e. The van der Waals surface area contributed by atoms with Crippen molar-refractivity contribution in [1.82, 2.24) is 19.5 Å². The molecule has 0 aliphatic carbocycles. The number of nitrogen functional groups attached to an aromatic ring is 1. The van der Waals surface area contributed by atoms with Gasteiger partial charge in [0.2, 0.25) is 5.95 Å². The first-order valence-electron chi connectivity index (χ1n) is 9.67. The number of aliphatic hydroxyl groups excluding tert-OH is 2. The molecule has 202 valence electrons. The van der Waals surface area contributed by atoms with Gasteiger partial charge in [-0.05, 0) is 6.92 Å². The number of H-pyrrole nitrogens is 1. The van der Waals surface area contributed by atoms with Crippen molar-refractivity contribution in [3.8, 4) is 0 Å². The van der Waals surface area contributed by atoms with Gasteiger partial charge in [0.25, 0.3) is 5.56 Å². The third-order valence-electron chi connectivity index (χ3n) is 4.82. The monoisotopic (exact) mass is 577 g/mol. The molecular formula is C14H22N5O14P3. The van der Waals surface area contributed by atoms with Crippen LogP contribution in [0, 0.1) is 0 Å². The zero-order valence-electron chi connectivity index (χ0n) is 18.1. The van der Waals surface area contributed by atoms with Gasteiger partial charge >= 0.3 is 23.5 Å². The molecule has 3 heterocycles. The Kier molecular flexibility index (Phi) is 8.11. The fourth-order valence-corrected chi connectivity index (χ4v) is 6.46. The van der Waals surface area contributed by atoms with Crippen molar-refractivity contribution in [2.75, 3.05) is 12.3 Å². The first-order valence-corrected chi connectivity index (χ1v) is 14.2. The first kappa shape index (κ1) is 28.7. The molecule has 0 aromatic carbocycles. The highest BCUT2D eigenvalue weighted by Gasteiger charge is 2.56. The zero-order valence-corrected chi connectivity index (χ0v) is 20.8. The number of hydrogen-bond donors (Lipinski definition) is 8. The maximum absolute atomic E-state index is 12.2. The molecule has 6 atom stereocenters. The molecule has 19 nitrogen and oxygen atoms in total. The van der Waals surface area contributed by atoms with Crippen LogP contribution in [-0.4, -0.2) is 74.2 Å². The van der Waals surface area contributed by atoms with Gasteiger partial charge in [-0.15, -0.1) is 0 Å². The molecule has 36 heavy (non-hydrogen) atoms. The standard InChI is InChI=1S/C14H22N5O14P3/c1-2-3-4-14(19-6-16-8-11(19)17-13(15)18-12(8)22)10(21)9(20)7(31-14)5-30-35(26,27)33-36(28,29)32-34(23,24)25/h2-3,6-7,9-10,20-21H,4-5H2,1H3,(H,26,27)(H,28,29)(H2,23,24,25)(H3,15,17,18,22)/t7-,9-,10-,14-/m1/s1. The first-order chi connectivity index (χ1) is 16.5. The third-order valence-corrected chi connectivity index (χ3v) is 8.62. The number of nitrogens with two attached hydrogens (primary N) is 1. The number of nitrogens with one attached hydrogen (secondary N) is 1. The maximum atomic E-state index is 12.2. The van der Waals surface area contributed by atoms with Crippen LogP contribution >= 0.6 is 23.5 Å². The molecule has 1 aliphatic heterocycles. The van der Waals surface area contributed by atoms with Gasteiger partial charge in [-0.1, -0.05) is 12.2 Å². The Labute approximate surface area is 200 Å². The van der Waals surface area contributed by atoms with Crippen LogP contribution in [0.1, 0.15) is 13.3 Å². The molecule has 2 unspecified atom stereocenters. The van der Waals surface area contributed by atoms with Crippen molar-refractivity contribution in [1.29, 1.82) is 0 Å². The SMILES string of the molecule is CC=CC[C@@]1(n2cnc3c(=O)[nH]c(N)nc32)O[C@H](COP(=O)(O)OP(=O)(O)OP(=O)(O)O)[C@@H](O)[C@H]1O. The second kappa shape index (κ2) is 10.2. The molecule has 0 bridgehead atoms. The molecule has 2 aromatic heterocycles. The maximum Gasteiger partial charge on any atom is 0.490 e. The van der Waals surface area contributed by atoms with E-state index in [2.05, 4.69) is 28.1 Å².